The lowest BCUT2D eigenvalue weighted by atomic mass is 10.1. The summed E-state index contributed by atoms with van der Waals surface area (Å²) >= 11 is 5.92. The fourth-order valence-corrected chi connectivity index (χ4v) is 3.48. The summed E-state index contributed by atoms with van der Waals surface area (Å²) in [6.45, 7) is 0. The standard InChI is InChI=1S/C14H10ClN3O2S/c15-12-5-7-17-9-14(12)21(19,20)18-13-3-1-2-10-8-16-6-4-11(10)13/h1-9,18H. The smallest absolute Gasteiger partial charge is 0.264 e. The second kappa shape index (κ2) is 5.31. The average Bonchev–Trinajstić information content (AvgIpc) is 2.47. The molecule has 0 aliphatic rings. The van der Waals surface area contributed by atoms with Crippen molar-refractivity contribution >= 4 is 38.1 Å². The highest BCUT2D eigenvalue weighted by atomic mass is 35.5. The van der Waals surface area contributed by atoms with Gasteiger partial charge in [0, 0.05) is 35.6 Å². The number of anilines is 1. The average molecular weight is 320 g/mol. The number of benzene rings is 1. The van der Waals surface area contributed by atoms with Crippen molar-refractivity contribution in [2.45, 2.75) is 4.90 Å². The minimum Gasteiger partial charge on any atom is -0.279 e. The number of nitrogens with one attached hydrogen (secondary N) is 1. The van der Waals surface area contributed by atoms with Gasteiger partial charge in [0.05, 0.1) is 10.7 Å². The van der Waals surface area contributed by atoms with Gasteiger partial charge in [0.15, 0.2) is 0 Å². The summed E-state index contributed by atoms with van der Waals surface area (Å²) in [5, 5.41) is 1.73. The zero-order valence-electron chi connectivity index (χ0n) is 10.7. The van der Waals surface area contributed by atoms with Crippen LogP contribution in [0, 0.1) is 0 Å². The van der Waals surface area contributed by atoms with E-state index in [9.17, 15) is 8.42 Å². The minimum atomic E-state index is -3.80. The van der Waals surface area contributed by atoms with Gasteiger partial charge in [-0.15, -0.1) is 0 Å². The van der Waals surface area contributed by atoms with Crippen LogP contribution in [0.5, 0.6) is 0 Å². The minimum absolute atomic E-state index is 0.0577. The van der Waals surface area contributed by atoms with Gasteiger partial charge in [0.25, 0.3) is 10.0 Å². The Kier molecular flexibility index (Phi) is 3.48. The molecule has 3 rings (SSSR count). The van der Waals surface area contributed by atoms with Crippen LogP contribution in [0.25, 0.3) is 10.8 Å². The van der Waals surface area contributed by atoms with Crippen LogP contribution in [0.2, 0.25) is 5.02 Å². The molecule has 0 radical (unpaired) electrons. The topological polar surface area (TPSA) is 72.0 Å². The monoisotopic (exact) mass is 319 g/mol. The molecule has 0 aliphatic heterocycles. The van der Waals surface area contributed by atoms with Gasteiger partial charge in [-0.05, 0) is 18.2 Å². The fraction of sp³-hybridized carbons (Fsp3) is 0. The Bertz CT molecular complexity index is 907. The summed E-state index contributed by atoms with van der Waals surface area (Å²) in [6.07, 6.45) is 5.93. The number of hydrogen-bond acceptors (Lipinski definition) is 4. The van der Waals surface area contributed by atoms with Crippen molar-refractivity contribution in [1.82, 2.24) is 9.97 Å². The van der Waals surface area contributed by atoms with Crippen molar-refractivity contribution in [2.24, 2.45) is 0 Å². The van der Waals surface area contributed by atoms with E-state index < -0.39 is 10.0 Å². The third-order valence-electron chi connectivity index (χ3n) is 2.95. The van der Waals surface area contributed by atoms with E-state index in [1.807, 2.05) is 6.07 Å². The van der Waals surface area contributed by atoms with E-state index in [-0.39, 0.29) is 9.92 Å². The Hall–Kier alpha value is -2.18. The van der Waals surface area contributed by atoms with E-state index in [0.717, 1.165) is 10.8 Å². The lowest BCUT2D eigenvalue weighted by Crippen LogP contribution is -2.14. The highest BCUT2D eigenvalue weighted by Crippen LogP contribution is 2.27. The molecular formula is C14H10ClN3O2S. The largest absolute Gasteiger partial charge is 0.279 e. The summed E-state index contributed by atoms with van der Waals surface area (Å²) in [6, 6.07) is 8.48. The van der Waals surface area contributed by atoms with Crippen LogP contribution >= 0.6 is 11.6 Å². The number of sulfonamides is 1. The Morgan fingerprint density at radius 3 is 2.57 bits per heavy atom. The van der Waals surface area contributed by atoms with E-state index in [4.69, 9.17) is 11.6 Å². The maximum Gasteiger partial charge on any atom is 0.264 e. The molecule has 0 saturated heterocycles. The molecule has 2 aromatic heterocycles. The van der Waals surface area contributed by atoms with Crippen LogP contribution in [0.3, 0.4) is 0 Å². The third kappa shape index (κ3) is 2.68. The van der Waals surface area contributed by atoms with Gasteiger partial charge < -0.3 is 0 Å². The van der Waals surface area contributed by atoms with Crippen molar-refractivity contribution in [3.8, 4) is 0 Å². The predicted molar refractivity (Wildman–Crippen MR) is 81.8 cm³/mol. The van der Waals surface area contributed by atoms with Crippen molar-refractivity contribution in [3.63, 3.8) is 0 Å². The molecule has 7 heteroatoms. The van der Waals surface area contributed by atoms with E-state index in [0.29, 0.717) is 5.69 Å². The van der Waals surface area contributed by atoms with Gasteiger partial charge >= 0.3 is 0 Å². The Morgan fingerprint density at radius 2 is 1.76 bits per heavy atom. The SMILES string of the molecule is O=S(=O)(Nc1cccc2cnccc12)c1cnccc1Cl. The zero-order valence-corrected chi connectivity index (χ0v) is 12.3. The molecule has 0 saturated carbocycles. The maximum absolute atomic E-state index is 12.4. The van der Waals surface area contributed by atoms with Crippen molar-refractivity contribution < 1.29 is 8.42 Å². The van der Waals surface area contributed by atoms with Gasteiger partial charge in [-0.2, -0.15) is 0 Å². The number of rotatable bonds is 3. The molecule has 106 valence electrons. The number of hydrogen-bond donors (Lipinski definition) is 1. The lowest BCUT2D eigenvalue weighted by molar-refractivity contribution is 0.601. The Morgan fingerprint density at radius 1 is 1.00 bits per heavy atom. The highest BCUT2D eigenvalue weighted by Gasteiger charge is 2.19. The summed E-state index contributed by atoms with van der Waals surface area (Å²) in [7, 11) is -3.80. The molecule has 0 bridgehead atoms. The quantitative estimate of drug-likeness (QED) is 0.805. The van der Waals surface area contributed by atoms with Crippen molar-refractivity contribution in [1.29, 1.82) is 0 Å². The first-order valence-corrected chi connectivity index (χ1v) is 7.89. The Balaban J connectivity index is 2.08. The second-order valence-corrected chi connectivity index (χ2v) is 6.37. The van der Waals surface area contributed by atoms with Crippen LogP contribution in [0.4, 0.5) is 5.69 Å². The molecule has 1 N–H and O–H groups in total. The van der Waals surface area contributed by atoms with Crippen LogP contribution in [-0.2, 0) is 10.0 Å². The molecule has 0 fully saturated rings. The van der Waals surface area contributed by atoms with E-state index in [1.165, 1.54) is 18.5 Å². The Labute approximate surface area is 126 Å². The predicted octanol–water partition coefficient (Wildman–Crippen LogP) is 3.08. The summed E-state index contributed by atoms with van der Waals surface area (Å²) in [5.74, 6) is 0. The van der Waals surface area contributed by atoms with Gasteiger partial charge in [0.1, 0.15) is 4.90 Å². The summed E-state index contributed by atoms with van der Waals surface area (Å²) in [5.41, 5.74) is 0.467. The first kappa shape index (κ1) is 13.8. The van der Waals surface area contributed by atoms with Gasteiger partial charge in [0.2, 0.25) is 0 Å². The molecule has 0 aliphatic carbocycles. The molecule has 2 heterocycles. The van der Waals surface area contributed by atoms with Gasteiger partial charge in [-0.1, -0.05) is 23.7 Å². The number of aromatic nitrogens is 2. The normalized spacial score (nSPS) is 11.5. The maximum atomic E-state index is 12.4. The lowest BCUT2D eigenvalue weighted by Gasteiger charge is -2.11. The number of nitrogens with zero attached hydrogens (tertiary/aromatic N) is 2. The second-order valence-electron chi connectivity index (χ2n) is 4.31. The zero-order chi connectivity index (χ0) is 14.9. The fourth-order valence-electron chi connectivity index (χ4n) is 1.97. The molecule has 0 unspecified atom stereocenters. The first-order valence-electron chi connectivity index (χ1n) is 6.03. The van der Waals surface area contributed by atoms with Crippen LogP contribution in [0.15, 0.2) is 60.0 Å². The molecule has 0 atom stereocenters. The molecule has 21 heavy (non-hydrogen) atoms. The number of halogens is 1. The number of fused-ring (bicyclic) bond motifs is 1. The van der Waals surface area contributed by atoms with Gasteiger partial charge in [-0.25, -0.2) is 8.42 Å². The van der Waals surface area contributed by atoms with Gasteiger partial charge in [-0.3, -0.25) is 14.7 Å². The first-order chi connectivity index (χ1) is 10.1. The summed E-state index contributed by atoms with van der Waals surface area (Å²) in [4.78, 5) is 7.76. The van der Waals surface area contributed by atoms with Crippen LogP contribution in [-0.4, -0.2) is 18.4 Å². The van der Waals surface area contributed by atoms with E-state index >= 15 is 0 Å². The molecule has 3 aromatic rings. The van der Waals surface area contributed by atoms with E-state index in [2.05, 4.69) is 14.7 Å². The number of pyridine rings is 2. The highest BCUT2D eigenvalue weighted by molar-refractivity contribution is 7.92. The van der Waals surface area contributed by atoms with Crippen LogP contribution < -0.4 is 4.72 Å². The summed E-state index contributed by atoms with van der Waals surface area (Å²) < 4.78 is 27.4. The van der Waals surface area contributed by atoms with E-state index in [1.54, 1.807) is 30.6 Å². The molecule has 1 aromatic carbocycles. The third-order valence-corrected chi connectivity index (χ3v) is 4.78. The van der Waals surface area contributed by atoms with Crippen molar-refractivity contribution in [3.05, 3.63) is 60.1 Å². The molecule has 0 spiro atoms. The molecule has 5 nitrogen and oxygen atoms in total. The molecule has 0 amide bonds. The molecular weight excluding hydrogens is 310 g/mol. The van der Waals surface area contributed by atoms with Crippen LogP contribution in [0.1, 0.15) is 0 Å². The van der Waals surface area contributed by atoms with Crippen molar-refractivity contribution in [2.75, 3.05) is 4.72 Å².